The molecule has 2 aromatic carbocycles. The zero-order chi connectivity index (χ0) is 20.6. The van der Waals surface area contributed by atoms with Crippen molar-refractivity contribution in [2.24, 2.45) is 0 Å². The second-order valence-corrected chi connectivity index (χ2v) is 8.86. The summed E-state index contributed by atoms with van der Waals surface area (Å²) in [6.07, 6.45) is 12.1. The molecule has 2 nitrogen and oxygen atoms in total. The molecule has 0 unspecified atom stereocenters. The molecule has 0 heterocycles. The molecule has 0 aliphatic heterocycles. The summed E-state index contributed by atoms with van der Waals surface area (Å²) in [7, 11) is 0. The normalized spacial score (nSPS) is 13.3. The fraction of sp³-hybridized carbons (Fsp3) is 0.556. The smallest absolute Gasteiger partial charge is 0.0871 e. The summed E-state index contributed by atoms with van der Waals surface area (Å²) in [5.41, 5.74) is 2.92. The van der Waals surface area contributed by atoms with Crippen molar-refractivity contribution < 1.29 is 10.6 Å². The first-order valence-corrected chi connectivity index (χ1v) is 12.0. The van der Waals surface area contributed by atoms with Crippen molar-refractivity contribution in [3.8, 4) is 0 Å². The first kappa shape index (κ1) is 23.6. The molecule has 0 saturated carbocycles. The third-order valence-corrected chi connectivity index (χ3v) is 5.85. The molecule has 0 bridgehead atoms. The summed E-state index contributed by atoms with van der Waals surface area (Å²) in [5.74, 6) is 0. The van der Waals surface area contributed by atoms with E-state index in [0.29, 0.717) is 12.1 Å². The van der Waals surface area contributed by atoms with Gasteiger partial charge in [-0.15, -0.1) is 0 Å². The molecule has 2 heteroatoms. The largest absolute Gasteiger partial charge is 0.344 e. The minimum absolute atomic E-state index is 0.693. The van der Waals surface area contributed by atoms with E-state index in [9.17, 15) is 0 Å². The molecular weight excluding hydrogens is 352 g/mol. The number of unbranched alkanes of at least 4 members (excludes halogenated alkanes) is 6. The number of hydrogen-bond acceptors (Lipinski definition) is 0. The molecule has 2 rings (SSSR count). The Hall–Kier alpha value is -1.64. The van der Waals surface area contributed by atoms with Gasteiger partial charge in [-0.3, -0.25) is 0 Å². The Morgan fingerprint density at radius 3 is 1.24 bits per heavy atom. The second kappa shape index (κ2) is 15.2. The lowest BCUT2D eigenvalue weighted by Crippen LogP contribution is -2.89. The molecule has 0 spiro atoms. The van der Waals surface area contributed by atoms with Gasteiger partial charge in [0.05, 0.1) is 25.2 Å². The van der Waals surface area contributed by atoms with E-state index in [-0.39, 0.29) is 0 Å². The van der Waals surface area contributed by atoms with Gasteiger partial charge in [-0.25, -0.2) is 0 Å². The average Bonchev–Trinajstić information content (AvgIpc) is 2.73. The van der Waals surface area contributed by atoms with E-state index in [0.717, 1.165) is 0 Å². The van der Waals surface area contributed by atoms with Gasteiger partial charge < -0.3 is 10.6 Å². The highest BCUT2D eigenvalue weighted by atomic mass is 14.9. The second-order valence-electron chi connectivity index (χ2n) is 8.86. The molecule has 4 N–H and O–H groups in total. The van der Waals surface area contributed by atoms with Gasteiger partial charge in [-0.2, -0.15) is 0 Å². The van der Waals surface area contributed by atoms with E-state index in [2.05, 4.69) is 85.1 Å². The first-order chi connectivity index (χ1) is 14.2. The number of hydrogen-bond donors (Lipinski definition) is 2. The Bertz CT molecular complexity index is 555. The SMILES string of the molecule is C[C@H](Cc1ccccc1)[NH2+]CCCCCCCCC[NH2+][C@@H](C)Cc1ccccc1. The maximum Gasteiger partial charge on any atom is 0.0871 e. The van der Waals surface area contributed by atoms with Gasteiger partial charge in [0.15, 0.2) is 0 Å². The van der Waals surface area contributed by atoms with Crippen LogP contribution in [0.1, 0.15) is 69.9 Å². The molecule has 2 atom stereocenters. The lowest BCUT2D eigenvalue weighted by atomic mass is 10.1. The first-order valence-electron chi connectivity index (χ1n) is 12.0. The van der Waals surface area contributed by atoms with Crippen molar-refractivity contribution in [3.05, 3.63) is 71.8 Å². The molecule has 29 heavy (non-hydrogen) atoms. The maximum absolute atomic E-state index is 2.53. The Labute approximate surface area is 179 Å². The van der Waals surface area contributed by atoms with Crippen molar-refractivity contribution in [2.75, 3.05) is 13.1 Å². The molecule has 160 valence electrons. The molecule has 0 aliphatic carbocycles. The topological polar surface area (TPSA) is 33.2 Å². The van der Waals surface area contributed by atoms with Gasteiger partial charge in [-0.1, -0.05) is 79.9 Å². The summed E-state index contributed by atoms with van der Waals surface area (Å²) >= 11 is 0. The quantitative estimate of drug-likeness (QED) is 0.401. The highest BCUT2D eigenvalue weighted by Crippen LogP contribution is 2.06. The lowest BCUT2D eigenvalue weighted by molar-refractivity contribution is -0.686. The number of nitrogens with two attached hydrogens (primary N) is 2. The maximum atomic E-state index is 2.53. The van der Waals surface area contributed by atoms with E-state index >= 15 is 0 Å². The zero-order valence-electron chi connectivity index (χ0n) is 18.9. The minimum Gasteiger partial charge on any atom is -0.344 e. The summed E-state index contributed by atoms with van der Waals surface area (Å²) in [6, 6.07) is 23.1. The van der Waals surface area contributed by atoms with Crippen LogP contribution in [0.15, 0.2) is 60.7 Å². The van der Waals surface area contributed by atoms with E-state index in [4.69, 9.17) is 0 Å². The molecular formula is C27H44N2+2. The van der Waals surface area contributed by atoms with Gasteiger partial charge >= 0.3 is 0 Å². The van der Waals surface area contributed by atoms with Crippen LogP contribution in [0, 0.1) is 0 Å². The number of rotatable bonds is 16. The van der Waals surface area contributed by atoms with E-state index in [1.165, 1.54) is 82.0 Å². The van der Waals surface area contributed by atoms with Crippen LogP contribution in [-0.4, -0.2) is 25.2 Å². The van der Waals surface area contributed by atoms with Crippen molar-refractivity contribution in [2.45, 2.75) is 83.7 Å². The standard InChI is InChI=1S/C27H42N2/c1-24(22-26-16-10-8-11-17-26)28-20-14-6-4-3-5-7-15-21-29-25(2)23-27-18-12-9-13-19-27/h8-13,16-19,24-25,28-29H,3-7,14-15,20-23H2,1-2H3/p+2/t24-,25+. The van der Waals surface area contributed by atoms with Gasteiger partial charge in [0.25, 0.3) is 0 Å². The van der Waals surface area contributed by atoms with E-state index in [1.807, 2.05) is 0 Å². The Kier molecular flexibility index (Phi) is 12.4. The van der Waals surface area contributed by atoms with Crippen molar-refractivity contribution >= 4 is 0 Å². The average molecular weight is 397 g/mol. The number of benzene rings is 2. The fourth-order valence-corrected chi connectivity index (χ4v) is 4.12. The zero-order valence-corrected chi connectivity index (χ0v) is 18.9. The van der Waals surface area contributed by atoms with Gasteiger partial charge in [0.2, 0.25) is 0 Å². The summed E-state index contributed by atoms with van der Waals surface area (Å²) in [4.78, 5) is 0. The van der Waals surface area contributed by atoms with Crippen LogP contribution in [0.3, 0.4) is 0 Å². The Balaban J connectivity index is 1.34. The predicted molar refractivity (Wildman–Crippen MR) is 125 cm³/mol. The summed E-state index contributed by atoms with van der Waals surface area (Å²) < 4.78 is 0. The predicted octanol–water partition coefficient (Wildman–Crippen LogP) is 4.11. The molecule has 0 radical (unpaired) electrons. The molecule has 0 amide bonds. The van der Waals surface area contributed by atoms with Crippen molar-refractivity contribution in [3.63, 3.8) is 0 Å². The highest BCUT2D eigenvalue weighted by molar-refractivity contribution is 5.15. The molecule has 0 aromatic heterocycles. The molecule has 0 saturated heterocycles. The van der Waals surface area contributed by atoms with Crippen molar-refractivity contribution in [1.82, 2.24) is 0 Å². The minimum atomic E-state index is 0.693. The van der Waals surface area contributed by atoms with Gasteiger partial charge in [0, 0.05) is 12.8 Å². The monoisotopic (exact) mass is 396 g/mol. The van der Waals surface area contributed by atoms with E-state index < -0.39 is 0 Å². The van der Waals surface area contributed by atoms with Crippen LogP contribution in [0.2, 0.25) is 0 Å². The van der Waals surface area contributed by atoms with Gasteiger partial charge in [0.1, 0.15) is 0 Å². The fourth-order valence-electron chi connectivity index (χ4n) is 4.12. The highest BCUT2D eigenvalue weighted by Gasteiger charge is 2.06. The van der Waals surface area contributed by atoms with E-state index in [1.54, 1.807) is 0 Å². The van der Waals surface area contributed by atoms with Crippen LogP contribution in [0.5, 0.6) is 0 Å². The summed E-state index contributed by atoms with van der Waals surface area (Å²) in [5, 5.41) is 5.05. The van der Waals surface area contributed by atoms with Crippen LogP contribution >= 0.6 is 0 Å². The van der Waals surface area contributed by atoms with Crippen molar-refractivity contribution in [1.29, 1.82) is 0 Å². The van der Waals surface area contributed by atoms with Crippen LogP contribution in [0.4, 0.5) is 0 Å². The molecule has 0 aliphatic rings. The van der Waals surface area contributed by atoms with Crippen LogP contribution in [-0.2, 0) is 12.8 Å². The number of quaternary nitrogens is 2. The van der Waals surface area contributed by atoms with Crippen LogP contribution < -0.4 is 10.6 Å². The molecule has 0 fully saturated rings. The third kappa shape index (κ3) is 11.8. The Morgan fingerprint density at radius 1 is 0.517 bits per heavy atom. The lowest BCUT2D eigenvalue weighted by Gasteiger charge is -2.11. The van der Waals surface area contributed by atoms with Gasteiger partial charge in [-0.05, 0) is 50.7 Å². The third-order valence-electron chi connectivity index (χ3n) is 5.85. The Morgan fingerprint density at radius 2 is 0.862 bits per heavy atom. The van der Waals surface area contributed by atoms with Crippen LogP contribution in [0.25, 0.3) is 0 Å². The molecule has 2 aromatic rings. The summed E-state index contributed by atoms with van der Waals surface area (Å²) in [6.45, 7) is 7.26.